The van der Waals surface area contributed by atoms with E-state index in [1.165, 1.54) is 7.11 Å². The van der Waals surface area contributed by atoms with Crippen molar-refractivity contribution in [3.8, 4) is 0 Å². The Bertz CT molecular complexity index is 94.1. The number of methoxy groups -OCH3 is 1. The molecule has 0 heterocycles. The molecule has 1 atom stereocenters. The van der Waals surface area contributed by atoms with Crippen molar-refractivity contribution in [2.75, 3.05) is 13.7 Å². The van der Waals surface area contributed by atoms with Crippen molar-refractivity contribution in [2.45, 2.75) is 18.6 Å². The molecule has 4 N–H and O–H groups in total. The van der Waals surface area contributed by atoms with Crippen molar-refractivity contribution in [2.24, 2.45) is 11.5 Å². The molecule has 0 aliphatic rings. The molecule has 0 aliphatic carbocycles. The molecule has 0 saturated heterocycles. The van der Waals surface area contributed by atoms with Crippen molar-refractivity contribution in [1.82, 2.24) is 0 Å². The second kappa shape index (κ2) is 3.80. The second-order valence-corrected chi connectivity index (χ2v) is 1.98. The first kappa shape index (κ1) is 9.74. The lowest BCUT2D eigenvalue weighted by atomic mass is 10.2. The van der Waals surface area contributed by atoms with Crippen LogP contribution in [0.2, 0.25) is 0 Å². The van der Waals surface area contributed by atoms with Crippen LogP contribution in [0.15, 0.2) is 0 Å². The van der Waals surface area contributed by atoms with E-state index < -0.39 is 12.2 Å². The van der Waals surface area contributed by atoms with Crippen LogP contribution in [0, 0.1) is 0 Å². The molecular weight excluding hydrogens is 142 g/mol. The van der Waals surface area contributed by atoms with Gasteiger partial charge in [-0.05, 0) is 13.0 Å². The molecule has 0 radical (unpaired) electrons. The van der Waals surface area contributed by atoms with Gasteiger partial charge in [0.05, 0.1) is 0 Å². The van der Waals surface area contributed by atoms with Gasteiger partial charge in [-0.2, -0.15) is 8.78 Å². The second-order valence-electron chi connectivity index (χ2n) is 1.98. The van der Waals surface area contributed by atoms with Crippen molar-refractivity contribution in [1.29, 1.82) is 0 Å². The van der Waals surface area contributed by atoms with Crippen LogP contribution in [-0.2, 0) is 4.74 Å². The van der Waals surface area contributed by atoms with Gasteiger partial charge in [0.25, 0.3) is 0 Å². The minimum Gasteiger partial charge on any atom is -0.374 e. The van der Waals surface area contributed by atoms with Crippen molar-refractivity contribution in [3.63, 3.8) is 0 Å². The lowest BCUT2D eigenvalue weighted by molar-refractivity contribution is -0.121. The molecule has 3 nitrogen and oxygen atoms in total. The number of nitrogens with two attached hydrogens (primary N) is 2. The fraction of sp³-hybridized carbons (Fsp3) is 1.00. The summed E-state index contributed by atoms with van der Waals surface area (Å²) < 4.78 is 28.7. The van der Waals surface area contributed by atoms with Gasteiger partial charge in [0, 0.05) is 7.11 Å². The summed E-state index contributed by atoms with van der Waals surface area (Å²) in [6, 6.07) is -3.28. The van der Waals surface area contributed by atoms with E-state index in [1.807, 2.05) is 0 Å². The lowest BCUT2D eigenvalue weighted by Gasteiger charge is -2.20. The molecule has 0 aromatic carbocycles. The zero-order chi connectivity index (χ0) is 8.20. The molecule has 0 saturated carbocycles. The van der Waals surface area contributed by atoms with E-state index in [2.05, 4.69) is 10.5 Å². The van der Waals surface area contributed by atoms with Crippen LogP contribution in [0.5, 0.6) is 0 Å². The molecule has 0 fully saturated rings. The normalized spacial score (nSPS) is 15.3. The molecule has 0 aromatic heterocycles. The van der Waals surface area contributed by atoms with Gasteiger partial charge in [-0.3, -0.25) is 5.73 Å². The Morgan fingerprint density at radius 2 is 2.10 bits per heavy atom. The van der Waals surface area contributed by atoms with Crippen LogP contribution in [-0.4, -0.2) is 25.8 Å². The maximum absolute atomic E-state index is 12.2. The molecular formula is C5H12F2N2O. The first-order chi connectivity index (χ1) is 4.52. The number of halogens is 2. The van der Waals surface area contributed by atoms with E-state index >= 15 is 0 Å². The number of rotatable bonds is 4. The van der Waals surface area contributed by atoms with Gasteiger partial charge in [0.15, 0.2) is 0 Å². The molecule has 1 unspecified atom stereocenters. The van der Waals surface area contributed by atoms with Gasteiger partial charge in [0.1, 0.15) is 6.10 Å². The molecule has 0 amide bonds. The van der Waals surface area contributed by atoms with Gasteiger partial charge in [0.2, 0.25) is 0 Å². The third kappa shape index (κ3) is 3.05. The topological polar surface area (TPSA) is 61.3 Å². The highest BCUT2D eigenvalue weighted by Gasteiger charge is 2.34. The van der Waals surface area contributed by atoms with Gasteiger partial charge in [-0.15, -0.1) is 0 Å². The predicted octanol–water partition coefficient (Wildman–Crippen LogP) is -0.0983. The Morgan fingerprint density at radius 3 is 2.20 bits per heavy atom. The highest BCUT2D eigenvalue weighted by molar-refractivity contribution is 4.70. The summed E-state index contributed by atoms with van der Waals surface area (Å²) >= 11 is 0. The van der Waals surface area contributed by atoms with E-state index in [9.17, 15) is 8.78 Å². The van der Waals surface area contributed by atoms with Crippen LogP contribution in [0.3, 0.4) is 0 Å². The fourth-order valence-electron chi connectivity index (χ4n) is 0.619. The average molecular weight is 154 g/mol. The minimum atomic E-state index is -3.28. The molecule has 0 rings (SSSR count). The van der Waals surface area contributed by atoms with Gasteiger partial charge in [-0.25, -0.2) is 0 Å². The third-order valence-corrected chi connectivity index (χ3v) is 1.14. The zero-order valence-electron chi connectivity index (χ0n) is 5.81. The maximum Gasteiger partial charge on any atom is 0.325 e. The molecule has 0 bridgehead atoms. The van der Waals surface area contributed by atoms with Gasteiger partial charge >= 0.3 is 6.05 Å². The smallest absolute Gasteiger partial charge is 0.325 e. The molecule has 10 heavy (non-hydrogen) atoms. The van der Waals surface area contributed by atoms with Crippen LogP contribution in [0.4, 0.5) is 8.78 Å². The van der Waals surface area contributed by atoms with E-state index in [4.69, 9.17) is 5.73 Å². The fourth-order valence-corrected chi connectivity index (χ4v) is 0.619. The van der Waals surface area contributed by atoms with Crippen molar-refractivity contribution < 1.29 is 13.5 Å². The van der Waals surface area contributed by atoms with Crippen LogP contribution < -0.4 is 11.5 Å². The van der Waals surface area contributed by atoms with Gasteiger partial charge < -0.3 is 10.5 Å². The Labute approximate surface area is 58.3 Å². The summed E-state index contributed by atoms with van der Waals surface area (Å²) in [6.07, 6.45) is -1.20. The summed E-state index contributed by atoms with van der Waals surface area (Å²) in [7, 11) is 1.18. The number of ether oxygens (including phenoxy) is 1. The number of hydrogen-bond acceptors (Lipinski definition) is 3. The molecule has 62 valence electrons. The molecule has 0 spiro atoms. The Kier molecular flexibility index (Phi) is 3.70. The van der Waals surface area contributed by atoms with E-state index in [0.29, 0.717) is 0 Å². The number of alkyl halides is 2. The summed E-state index contributed by atoms with van der Waals surface area (Å²) in [5, 5.41) is 0. The molecule has 5 heteroatoms. The third-order valence-electron chi connectivity index (χ3n) is 1.14. The van der Waals surface area contributed by atoms with E-state index in [1.54, 1.807) is 0 Å². The highest BCUT2D eigenvalue weighted by atomic mass is 19.3. The maximum atomic E-state index is 12.2. The standard InChI is InChI=1S/C5H12F2N2O/c1-10-4(2-3-8)5(6,7)9/h4H,2-3,8-9H2,1H3. The zero-order valence-corrected chi connectivity index (χ0v) is 5.81. The highest BCUT2D eigenvalue weighted by Crippen LogP contribution is 2.15. The van der Waals surface area contributed by atoms with Crippen molar-refractivity contribution >= 4 is 0 Å². The largest absolute Gasteiger partial charge is 0.374 e. The first-order valence-corrected chi connectivity index (χ1v) is 2.92. The summed E-state index contributed by atoms with van der Waals surface area (Å²) in [4.78, 5) is 0. The molecule has 0 aromatic rings. The first-order valence-electron chi connectivity index (χ1n) is 2.92. The van der Waals surface area contributed by atoms with Crippen LogP contribution in [0.25, 0.3) is 0 Å². The minimum absolute atomic E-state index is 0.0694. The monoisotopic (exact) mass is 154 g/mol. The Balaban J connectivity index is 3.81. The SMILES string of the molecule is COC(CCN)C(N)(F)F. The van der Waals surface area contributed by atoms with Crippen LogP contribution >= 0.6 is 0 Å². The Hall–Kier alpha value is -0.260. The summed E-state index contributed by atoms with van der Waals surface area (Å²) in [5.41, 5.74) is 9.50. The number of hydrogen-bond donors (Lipinski definition) is 2. The van der Waals surface area contributed by atoms with Gasteiger partial charge in [-0.1, -0.05) is 0 Å². The Morgan fingerprint density at radius 1 is 1.60 bits per heavy atom. The summed E-state index contributed by atoms with van der Waals surface area (Å²) in [6.45, 7) is 0.144. The van der Waals surface area contributed by atoms with Crippen LogP contribution in [0.1, 0.15) is 6.42 Å². The van der Waals surface area contributed by atoms with Crippen molar-refractivity contribution in [3.05, 3.63) is 0 Å². The predicted molar refractivity (Wildman–Crippen MR) is 33.6 cm³/mol. The quantitative estimate of drug-likeness (QED) is 0.556. The average Bonchev–Trinajstić information content (AvgIpc) is 1.80. The van der Waals surface area contributed by atoms with E-state index in [0.717, 1.165) is 0 Å². The lowest BCUT2D eigenvalue weighted by Crippen LogP contribution is -2.44. The molecule has 0 aliphatic heterocycles. The summed E-state index contributed by atoms with van der Waals surface area (Å²) in [5.74, 6) is 0. The van der Waals surface area contributed by atoms with E-state index in [-0.39, 0.29) is 13.0 Å².